The van der Waals surface area contributed by atoms with Crippen LogP contribution < -0.4 is 10.1 Å². The highest BCUT2D eigenvalue weighted by Crippen LogP contribution is 2.21. The maximum absolute atomic E-state index is 13.0. The van der Waals surface area contributed by atoms with E-state index in [1.165, 1.54) is 23.5 Å². The van der Waals surface area contributed by atoms with Crippen molar-refractivity contribution < 1.29 is 13.9 Å². The van der Waals surface area contributed by atoms with Crippen molar-refractivity contribution in [2.45, 2.75) is 19.8 Å². The van der Waals surface area contributed by atoms with Gasteiger partial charge in [-0.25, -0.2) is 9.37 Å². The Morgan fingerprint density at radius 1 is 1.19 bits per heavy atom. The minimum Gasteiger partial charge on any atom is -0.496 e. The Morgan fingerprint density at radius 3 is 2.67 bits per heavy atom. The summed E-state index contributed by atoms with van der Waals surface area (Å²) in [6.45, 7) is 2.35. The number of aromatic nitrogens is 1. The number of halogens is 1. The van der Waals surface area contributed by atoms with Crippen LogP contribution in [-0.2, 0) is 12.8 Å². The highest BCUT2D eigenvalue weighted by atomic mass is 32.1. The molecule has 3 aromatic rings. The third-order valence-corrected chi connectivity index (χ3v) is 5.34. The van der Waals surface area contributed by atoms with Gasteiger partial charge >= 0.3 is 0 Å². The average Bonchev–Trinajstić information content (AvgIpc) is 3.04. The predicted octanol–water partition coefficient (Wildman–Crippen LogP) is 4.16. The van der Waals surface area contributed by atoms with Gasteiger partial charge in [0.15, 0.2) is 0 Å². The fourth-order valence-corrected chi connectivity index (χ4v) is 3.83. The SMILES string of the molecule is COc1ccccc1CCNC(=O)c1sc(Cc2ccc(F)cc2)nc1C. The number of hydrogen-bond donors (Lipinski definition) is 1. The first kappa shape index (κ1) is 19.0. The molecule has 0 spiro atoms. The maximum Gasteiger partial charge on any atom is 0.263 e. The number of ether oxygens (including phenoxy) is 1. The lowest BCUT2D eigenvalue weighted by Crippen LogP contribution is -2.25. The van der Waals surface area contributed by atoms with Crippen LogP contribution in [0, 0.1) is 12.7 Å². The molecule has 4 nitrogen and oxygen atoms in total. The van der Waals surface area contributed by atoms with Crippen molar-refractivity contribution in [1.29, 1.82) is 0 Å². The van der Waals surface area contributed by atoms with Crippen LogP contribution in [0.25, 0.3) is 0 Å². The zero-order valence-electron chi connectivity index (χ0n) is 15.3. The van der Waals surface area contributed by atoms with Gasteiger partial charge in [-0.1, -0.05) is 30.3 Å². The minimum atomic E-state index is -0.260. The Labute approximate surface area is 162 Å². The molecular formula is C21H21FN2O2S. The van der Waals surface area contributed by atoms with Crippen molar-refractivity contribution in [2.24, 2.45) is 0 Å². The van der Waals surface area contributed by atoms with Gasteiger partial charge < -0.3 is 10.1 Å². The molecule has 0 aliphatic carbocycles. The van der Waals surface area contributed by atoms with Gasteiger partial charge in [0.1, 0.15) is 16.4 Å². The average molecular weight is 384 g/mol. The number of hydrogen-bond acceptors (Lipinski definition) is 4. The number of methoxy groups -OCH3 is 1. The van der Waals surface area contributed by atoms with Crippen molar-refractivity contribution in [1.82, 2.24) is 10.3 Å². The molecule has 1 amide bonds. The number of carbonyl (C=O) groups excluding carboxylic acids is 1. The molecule has 0 aliphatic rings. The fraction of sp³-hybridized carbons (Fsp3) is 0.238. The Balaban J connectivity index is 1.60. The van der Waals surface area contributed by atoms with Crippen molar-refractivity contribution in [2.75, 3.05) is 13.7 Å². The molecule has 0 unspecified atom stereocenters. The number of thiazole rings is 1. The minimum absolute atomic E-state index is 0.120. The highest BCUT2D eigenvalue weighted by molar-refractivity contribution is 7.13. The molecule has 0 aliphatic heterocycles. The van der Waals surface area contributed by atoms with Crippen LogP contribution in [0.5, 0.6) is 5.75 Å². The quantitative estimate of drug-likeness (QED) is 0.665. The van der Waals surface area contributed by atoms with Crippen LogP contribution in [0.3, 0.4) is 0 Å². The lowest BCUT2D eigenvalue weighted by atomic mass is 10.1. The fourth-order valence-electron chi connectivity index (χ4n) is 2.82. The number of carbonyl (C=O) groups is 1. The van der Waals surface area contributed by atoms with Gasteiger partial charge in [0.2, 0.25) is 0 Å². The maximum atomic E-state index is 13.0. The summed E-state index contributed by atoms with van der Waals surface area (Å²) in [6.07, 6.45) is 1.27. The zero-order valence-corrected chi connectivity index (χ0v) is 16.1. The summed E-state index contributed by atoms with van der Waals surface area (Å²) >= 11 is 1.38. The third-order valence-electron chi connectivity index (χ3n) is 4.19. The Hall–Kier alpha value is -2.73. The van der Waals surface area contributed by atoms with Crippen LogP contribution in [0.15, 0.2) is 48.5 Å². The number of nitrogens with one attached hydrogen (secondary N) is 1. The second-order valence-corrected chi connectivity index (χ2v) is 7.23. The molecule has 2 aromatic carbocycles. The monoisotopic (exact) mass is 384 g/mol. The summed E-state index contributed by atoms with van der Waals surface area (Å²) in [6, 6.07) is 14.1. The topological polar surface area (TPSA) is 51.2 Å². The molecule has 0 radical (unpaired) electrons. The molecule has 0 fully saturated rings. The van der Waals surface area contributed by atoms with Gasteiger partial charge in [-0.15, -0.1) is 11.3 Å². The standard InChI is InChI=1S/C21H21FN2O2S/c1-14-20(27-19(24-14)13-15-7-9-17(22)10-8-15)21(25)23-12-11-16-5-3-4-6-18(16)26-2/h3-10H,11-13H2,1-2H3,(H,23,25). The largest absolute Gasteiger partial charge is 0.496 e. The molecule has 1 aromatic heterocycles. The van der Waals surface area contributed by atoms with Crippen LogP contribution in [0.1, 0.15) is 31.5 Å². The number of para-hydroxylation sites is 1. The molecule has 0 atom stereocenters. The van der Waals surface area contributed by atoms with Crippen LogP contribution in [0.4, 0.5) is 4.39 Å². The number of aryl methyl sites for hydroxylation is 1. The van der Waals surface area contributed by atoms with Gasteiger partial charge in [-0.05, 0) is 42.7 Å². The van der Waals surface area contributed by atoms with E-state index in [2.05, 4.69) is 10.3 Å². The van der Waals surface area contributed by atoms with Crippen molar-refractivity contribution >= 4 is 17.2 Å². The molecule has 27 heavy (non-hydrogen) atoms. The van der Waals surface area contributed by atoms with Crippen LogP contribution >= 0.6 is 11.3 Å². The molecular weight excluding hydrogens is 363 g/mol. The first-order chi connectivity index (χ1) is 13.1. The molecule has 1 N–H and O–H groups in total. The van der Waals surface area contributed by atoms with Gasteiger partial charge in [-0.2, -0.15) is 0 Å². The van der Waals surface area contributed by atoms with Crippen molar-refractivity contribution in [3.63, 3.8) is 0 Å². The molecule has 6 heteroatoms. The van der Waals surface area contributed by atoms with E-state index >= 15 is 0 Å². The van der Waals surface area contributed by atoms with Gasteiger partial charge in [0.25, 0.3) is 5.91 Å². The zero-order chi connectivity index (χ0) is 19.2. The Kier molecular flexibility index (Phi) is 6.19. The van der Waals surface area contributed by atoms with Gasteiger partial charge in [-0.3, -0.25) is 4.79 Å². The van der Waals surface area contributed by atoms with E-state index in [-0.39, 0.29) is 11.7 Å². The summed E-state index contributed by atoms with van der Waals surface area (Å²) < 4.78 is 18.3. The summed E-state index contributed by atoms with van der Waals surface area (Å²) in [5, 5.41) is 3.79. The summed E-state index contributed by atoms with van der Waals surface area (Å²) in [7, 11) is 1.64. The molecule has 0 saturated heterocycles. The van der Waals surface area contributed by atoms with Crippen LogP contribution in [-0.4, -0.2) is 24.5 Å². The third kappa shape index (κ3) is 4.92. The highest BCUT2D eigenvalue weighted by Gasteiger charge is 2.15. The van der Waals surface area contributed by atoms with Gasteiger partial charge in [0.05, 0.1) is 17.8 Å². The van der Waals surface area contributed by atoms with E-state index in [1.807, 2.05) is 31.2 Å². The number of nitrogens with zero attached hydrogens (tertiary/aromatic N) is 1. The van der Waals surface area contributed by atoms with Crippen molar-refractivity contribution in [3.05, 3.63) is 81.1 Å². The number of rotatable bonds is 7. The summed E-state index contributed by atoms with van der Waals surface area (Å²) in [5.74, 6) is 0.441. The lowest BCUT2D eigenvalue weighted by Gasteiger charge is -2.08. The lowest BCUT2D eigenvalue weighted by molar-refractivity contribution is 0.0957. The number of benzene rings is 2. The van der Waals surface area contributed by atoms with E-state index in [0.29, 0.717) is 30.0 Å². The summed E-state index contributed by atoms with van der Waals surface area (Å²) in [4.78, 5) is 17.6. The second kappa shape index (κ2) is 8.77. The second-order valence-electron chi connectivity index (χ2n) is 6.14. The normalized spacial score (nSPS) is 10.6. The smallest absolute Gasteiger partial charge is 0.263 e. The van der Waals surface area contributed by atoms with E-state index < -0.39 is 0 Å². The molecule has 1 heterocycles. The molecule has 0 saturated carbocycles. The first-order valence-electron chi connectivity index (χ1n) is 8.67. The van der Waals surface area contributed by atoms with E-state index in [4.69, 9.17) is 4.74 Å². The number of amides is 1. The summed E-state index contributed by atoms with van der Waals surface area (Å²) in [5.41, 5.74) is 2.73. The van der Waals surface area contributed by atoms with E-state index in [9.17, 15) is 9.18 Å². The first-order valence-corrected chi connectivity index (χ1v) is 9.49. The van der Waals surface area contributed by atoms with Crippen molar-refractivity contribution in [3.8, 4) is 5.75 Å². The molecule has 140 valence electrons. The van der Waals surface area contributed by atoms with E-state index in [0.717, 1.165) is 21.9 Å². The van der Waals surface area contributed by atoms with E-state index in [1.54, 1.807) is 19.2 Å². The molecule has 3 rings (SSSR count). The Bertz CT molecular complexity index is 922. The van der Waals surface area contributed by atoms with Gasteiger partial charge in [0, 0.05) is 13.0 Å². The van der Waals surface area contributed by atoms with Crippen LogP contribution in [0.2, 0.25) is 0 Å². The predicted molar refractivity (Wildman–Crippen MR) is 105 cm³/mol. The molecule has 0 bridgehead atoms. The Morgan fingerprint density at radius 2 is 1.93 bits per heavy atom.